The second-order valence-corrected chi connectivity index (χ2v) is 7.81. The van der Waals surface area contributed by atoms with Gasteiger partial charge in [-0.15, -0.1) is 62.6 Å². The van der Waals surface area contributed by atoms with E-state index in [-0.39, 0.29) is 51.0 Å². The van der Waals surface area contributed by atoms with Crippen molar-refractivity contribution in [3.05, 3.63) is 95.1 Å². The van der Waals surface area contributed by atoms with Gasteiger partial charge in [0.2, 0.25) is 0 Å². The summed E-state index contributed by atoms with van der Waals surface area (Å²) in [5.74, 6) is 0. The standard InChI is InChI=1S/C17H17.C11H11.2ClH.Zr/c1-3-12-5-7-16-14(9-12)11-15-10-13(4-2)6-8-17(15)16;1-8-6-9(2)11-5-3-4-10(11)7-8;;;/h5-11H,3-4H2,1-2H3;3-7H,1-2H3;2*1H;/q2*-1;;;+4/p-2. The van der Waals surface area contributed by atoms with Gasteiger partial charge in [-0.2, -0.15) is 12.1 Å². The minimum absolute atomic E-state index is 0. The molecule has 0 nitrogen and oxygen atoms in total. The van der Waals surface area contributed by atoms with Gasteiger partial charge in [0.05, 0.1) is 0 Å². The third kappa shape index (κ3) is 5.89. The Kier molecular flexibility index (Phi) is 10.7. The topological polar surface area (TPSA) is 0 Å². The van der Waals surface area contributed by atoms with Crippen molar-refractivity contribution in [1.82, 2.24) is 0 Å². The van der Waals surface area contributed by atoms with Gasteiger partial charge in [0.1, 0.15) is 0 Å². The molecule has 0 spiro atoms. The van der Waals surface area contributed by atoms with Crippen LogP contribution < -0.4 is 24.8 Å². The summed E-state index contributed by atoms with van der Waals surface area (Å²) < 4.78 is 0. The molecule has 0 atom stereocenters. The molecule has 5 aromatic carbocycles. The molecule has 0 aliphatic heterocycles. The Hall–Kier alpha value is -1.40. The minimum Gasteiger partial charge on any atom is -1.00 e. The molecule has 0 bridgehead atoms. The largest absolute Gasteiger partial charge is 4.00 e. The van der Waals surface area contributed by atoms with E-state index in [9.17, 15) is 0 Å². The van der Waals surface area contributed by atoms with Crippen molar-refractivity contribution < 1.29 is 51.0 Å². The molecule has 0 heterocycles. The molecule has 31 heavy (non-hydrogen) atoms. The van der Waals surface area contributed by atoms with E-state index in [1.807, 2.05) is 0 Å². The molecule has 0 N–H and O–H groups in total. The SMILES string of the molecule is CCc1ccc2c(c1)[cH-]c1cc(CC)ccc12.Cc1cc(C)c2cc[cH-]c2c1.[Cl-].[Cl-].[Zr+4]. The van der Waals surface area contributed by atoms with E-state index >= 15 is 0 Å². The predicted molar refractivity (Wildman–Crippen MR) is 125 cm³/mol. The maximum atomic E-state index is 2.32. The molecular weight excluding hydrogens is 498 g/mol. The molecule has 5 rings (SSSR count). The van der Waals surface area contributed by atoms with Crippen molar-refractivity contribution in [3.63, 3.8) is 0 Å². The van der Waals surface area contributed by atoms with Crippen LogP contribution in [0.1, 0.15) is 36.1 Å². The van der Waals surface area contributed by atoms with Gasteiger partial charge in [-0.25, -0.2) is 0 Å². The molecule has 0 unspecified atom stereocenters. The molecule has 3 heteroatoms. The van der Waals surface area contributed by atoms with Gasteiger partial charge in [-0.1, -0.05) is 66.4 Å². The number of halogens is 2. The molecule has 5 aromatic rings. The molecule has 0 aromatic heterocycles. The normalized spacial score (nSPS) is 10.1. The average molecular weight is 527 g/mol. The first-order valence-corrected chi connectivity index (χ1v) is 10.3. The van der Waals surface area contributed by atoms with E-state index in [1.165, 1.54) is 54.6 Å². The van der Waals surface area contributed by atoms with Gasteiger partial charge < -0.3 is 24.8 Å². The van der Waals surface area contributed by atoms with Gasteiger partial charge in [0.25, 0.3) is 0 Å². The van der Waals surface area contributed by atoms with Crippen LogP contribution in [-0.2, 0) is 39.0 Å². The molecule has 0 aliphatic carbocycles. The van der Waals surface area contributed by atoms with Crippen LogP contribution in [0.15, 0.2) is 72.8 Å². The molecule has 0 aliphatic rings. The number of hydrogen-bond donors (Lipinski definition) is 0. The van der Waals surface area contributed by atoms with Crippen LogP contribution in [0.25, 0.3) is 32.3 Å². The number of aryl methyl sites for hydroxylation is 4. The van der Waals surface area contributed by atoms with Crippen LogP contribution in [0.2, 0.25) is 0 Å². The first-order valence-electron chi connectivity index (χ1n) is 10.3. The predicted octanol–water partition coefficient (Wildman–Crippen LogP) is 2.02. The first-order chi connectivity index (χ1) is 13.6. The van der Waals surface area contributed by atoms with Crippen LogP contribution in [0.5, 0.6) is 0 Å². The van der Waals surface area contributed by atoms with Crippen LogP contribution in [-0.4, -0.2) is 0 Å². The smallest absolute Gasteiger partial charge is 1.00 e. The zero-order valence-electron chi connectivity index (χ0n) is 18.6. The van der Waals surface area contributed by atoms with E-state index in [2.05, 4.69) is 100 Å². The first kappa shape index (κ1) is 27.6. The Bertz CT molecular complexity index is 1200. The van der Waals surface area contributed by atoms with Crippen LogP contribution >= 0.6 is 0 Å². The van der Waals surface area contributed by atoms with Crippen LogP contribution in [0, 0.1) is 13.8 Å². The summed E-state index contributed by atoms with van der Waals surface area (Å²) in [6.45, 7) is 8.72. The second kappa shape index (κ2) is 12.0. The summed E-state index contributed by atoms with van der Waals surface area (Å²) in [5, 5.41) is 8.29. The number of benzene rings is 3. The summed E-state index contributed by atoms with van der Waals surface area (Å²) >= 11 is 0. The molecule has 0 saturated heterocycles. The average Bonchev–Trinajstić information content (AvgIpc) is 3.31. The van der Waals surface area contributed by atoms with Gasteiger partial charge in [-0.3, -0.25) is 0 Å². The third-order valence-corrected chi connectivity index (χ3v) is 5.75. The molecule has 0 radical (unpaired) electrons. The van der Waals surface area contributed by atoms with Gasteiger partial charge in [-0.05, 0) is 26.7 Å². The van der Waals surface area contributed by atoms with E-state index in [4.69, 9.17) is 0 Å². The molecular formula is C28H28Cl2Zr. The van der Waals surface area contributed by atoms with Crippen molar-refractivity contribution in [2.75, 3.05) is 0 Å². The Labute approximate surface area is 217 Å². The third-order valence-electron chi connectivity index (χ3n) is 5.75. The fourth-order valence-corrected chi connectivity index (χ4v) is 4.19. The molecule has 0 amide bonds. The number of hydrogen-bond acceptors (Lipinski definition) is 0. The monoisotopic (exact) mass is 524 g/mol. The Balaban J connectivity index is 0.000000303. The van der Waals surface area contributed by atoms with Gasteiger partial charge >= 0.3 is 26.2 Å². The van der Waals surface area contributed by atoms with E-state index < -0.39 is 0 Å². The fourth-order valence-electron chi connectivity index (χ4n) is 4.19. The van der Waals surface area contributed by atoms with Crippen molar-refractivity contribution in [2.24, 2.45) is 0 Å². The number of rotatable bonds is 2. The summed E-state index contributed by atoms with van der Waals surface area (Å²) in [6.07, 6.45) is 2.22. The van der Waals surface area contributed by atoms with E-state index in [0.717, 1.165) is 12.8 Å². The molecule has 158 valence electrons. The summed E-state index contributed by atoms with van der Waals surface area (Å²) in [5.41, 5.74) is 5.57. The van der Waals surface area contributed by atoms with Crippen molar-refractivity contribution in [3.8, 4) is 0 Å². The van der Waals surface area contributed by atoms with Gasteiger partial charge in [0, 0.05) is 0 Å². The molecule has 0 saturated carbocycles. The zero-order chi connectivity index (χ0) is 19.7. The summed E-state index contributed by atoms with van der Waals surface area (Å²) in [7, 11) is 0. The van der Waals surface area contributed by atoms with Gasteiger partial charge in [0.15, 0.2) is 0 Å². The van der Waals surface area contributed by atoms with Crippen molar-refractivity contribution in [2.45, 2.75) is 40.5 Å². The van der Waals surface area contributed by atoms with Crippen LogP contribution in [0.3, 0.4) is 0 Å². The van der Waals surface area contributed by atoms with Crippen molar-refractivity contribution in [1.29, 1.82) is 0 Å². The summed E-state index contributed by atoms with van der Waals surface area (Å²) in [4.78, 5) is 0. The maximum Gasteiger partial charge on any atom is 4.00 e. The van der Waals surface area contributed by atoms with E-state index in [0.29, 0.717) is 0 Å². The Morgan fingerprint density at radius 1 is 0.645 bits per heavy atom. The fraction of sp³-hybridized carbons (Fsp3) is 0.214. The number of fused-ring (bicyclic) bond motifs is 4. The minimum atomic E-state index is 0. The summed E-state index contributed by atoms with van der Waals surface area (Å²) in [6, 6.07) is 26.9. The Morgan fingerprint density at radius 3 is 1.71 bits per heavy atom. The van der Waals surface area contributed by atoms with Crippen LogP contribution in [0.4, 0.5) is 0 Å². The van der Waals surface area contributed by atoms with Crippen molar-refractivity contribution >= 4 is 32.3 Å². The molecule has 0 fully saturated rings. The van der Waals surface area contributed by atoms with E-state index in [1.54, 1.807) is 0 Å². The quantitative estimate of drug-likeness (QED) is 0.309. The maximum absolute atomic E-state index is 2.32. The zero-order valence-corrected chi connectivity index (χ0v) is 22.6. The Morgan fingerprint density at radius 2 is 1.19 bits per heavy atom. The second-order valence-electron chi connectivity index (χ2n) is 7.81.